The predicted octanol–water partition coefficient (Wildman–Crippen LogP) is 2.38. The Morgan fingerprint density at radius 1 is 1.33 bits per heavy atom. The Hall–Kier alpha value is -1.44. The monoisotopic (exact) mass is 325 g/mol. The highest BCUT2D eigenvalue weighted by Crippen LogP contribution is 2.25. The van der Waals surface area contributed by atoms with Crippen molar-refractivity contribution in [2.24, 2.45) is 0 Å². The van der Waals surface area contributed by atoms with Crippen LogP contribution in [-0.2, 0) is 23.0 Å². The van der Waals surface area contributed by atoms with Gasteiger partial charge in [-0.3, -0.25) is 0 Å². The molecule has 0 aliphatic carbocycles. The zero-order valence-corrected chi connectivity index (χ0v) is 13.9. The normalized spacial score (nSPS) is 11.8. The van der Waals surface area contributed by atoms with Gasteiger partial charge in [0.1, 0.15) is 5.01 Å². The SMILES string of the molecule is CCc1cnc(CNS(=O)(=O)c2c(C)ccc(N)c2C)s1. The van der Waals surface area contributed by atoms with Crippen molar-refractivity contribution in [3.05, 3.63) is 39.3 Å². The van der Waals surface area contributed by atoms with E-state index in [-0.39, 0.29) is 11.4 Å². The third-order valence-electron chi connectivity index (χ3n) is 3.28. The second-order valence-electron chi connectivity index (χ2n) is 4.82. The number of thiazole rings is 1. The number of nitrogens with one attached hydrogen (secondary N) is 1. The van der Waals surface area contributed by atoms with E-state index in [1.807, 2.05) is 6.92 Å². The zero-order chi connectivity index (χ0) is 15.6. The molecule has 0 amide bonds. The topological polar surface area (TPSA) is 85.1 Å². The lowest BCUT2D eigenvalue weighted by molar-refractivity contribution is 0.580. The van der Waals surface area contributed by atoms with Gasteiger partial charge in [-0.1, -0.05) is 13.0 Å². The molecule has 1 aromatic carbocycles. The van der Waals surface area contributed by atoms with Crippen LogP contribution >= 0.6 is 11.3 Å². The lowest BCUT2D eigenvalue weighted by Crippen LogP contribution is -2.25. The summed E-state index contributed by atoms with van der Waals surface area (Å²) in [6, 6.07) is 3.44. The van der Waals surface area contributed by atoms with E-state index in [1.165, 1.54) is 11.3 Å². The molecule has 0 aliphatic heterocycles. The fraction of sp³-hybridized carbons (Fsp3) is 0.357. The minimum absolute atomic E-state index is 0.195. The van der Waals surface area contributed by atoms with E-state index in [0.717, 1.165) is 16.3 Å². The van der Waals surface area contributed by atoms with Gasteiger partial charge in [-0.2, -0.15) is 0 Å². The van der Waals surface area contributed by atoms with Crippen molar-refractivity contribution >= 4 is 27.0 Å². The fourth-order valence-electron chi connectivity index (χ4n) is 2.08. The summed E-state index contributed by atoms with van der Waals surface area (Å²) in [6.07, 6.45) is 2.68. The molecule has 21 heavy (non-hydrogen) atoms. The molecule has 0 fully saturated rings. The standard InChI is InChI=1S/C14H19N3O2S2/c1-4-11-7-16-13(20-11)8-17-21(18,19)14-9(2)5-6-12(15)10(14)3/h5-7,17H,4,8,15H2,1-3H3. The van der Waals surface area contributed by atoms with Gasteiger partial charge in [0.05, 0.1) is 11.4 Å². The maximum Gasteiger partial charge on any atom is 0.241 e. The minimum atomic E-state index is -3.60. The molecule has 0 unspecified atom stereocenters. The van der Waals surface area contributed by atoms with Crippen LogP contribution in [0, 0.1) is 13.8 Å². The van der Waals surface area contributed by atoms with Gasteiger partial charge in [0.15, 0.2) is 0 Å². The predicted molar refractivity (Wildman–Crippen MR) is 85.8 cm³/mol. The Morgan fingerprint density at radius 2 is 2.05 bits per heavy atom. The van der Waals surface area contributed by atoms with Crippen molar-refractivity contribution in [3.63, 3.8) is 0 Å². The molecule has 2 aromatic rings. The molecule has 0 radical (unpaired) electrons. The minimum Gasteiger partial charge on any atom is -0.398 e. The number of benzene rings is 1. The van der Waals surface area contributed by atoms with Gasteiger partial charge in [0.25, 0.3) is 0 Å². The number of sulfonamides is 1. The smallest absolute Gasteiger partial charge is 0.241 e. The van der Waals surface area contributed by atoms with E-state index in [2.05, 4.69) is 9.71 Å². The molecule has 3 N–H and O–H groups in total. The van der Waals surface area contributed by atoms with E-state index in [0.29, 0.717) is 16.8 Å². The summed E-state index contributed by atoms with van der Waals surface area (Å²) >= 11 is 1.52. The number of hydrogen-bond acceptors (Lipinski definition) is 5. The van der Waals surface area contributed by atoms with E-state index >= 15 is 0 Å². The Morgan fingerprint density at radius 3 is 2.67 bits per heavy atom. The summed E-state index contributed by atoms with van der Waals surface area (Å²) in [5.41, 5.74) is 7.55. The molecule has 0 spiro atoms. The average molecular weight is 325 g/mol. The van der Waals surface area contributed by atoms with Crippen LogP contribution in [0.3, 0.4) is 0 Å². The fourth-order valence-corrected chi connectivity index (χ4v) is 4.46. The van der Waals surface area contributed by atoms with Gasteiger partial charge < -0.3 is 5.73 Å². The number of aryl methyl sites for hydroxylation is 2. The average Bonchev–Trinajstić information content (AvgIpc) is 2.89. The van der Waals surface area contributed by atoms with Gasteiger partial charge in [-0.05, 0) is 37.5 Å². The molecule has 1 aromatic heterocycles. The van der Waals surface area contributed by atoms with E-state index in [9.17, 15) is 8.42 Å². The van der Waals surface area contributed by atoms with Crippen LogP contribution in [0.15, 0.2) is 23.2 Å². The summed E-state index contributed by atoms with van der Waals surface area (Å²) in [6.45, 7) is 5.72. The number of anilines is 1. The number of nitrogens with zero attached hydrogens (tertiary/aromatic N) is 1. The van der Waals surface area contributed by atoms with E-state index in [4.69, 9.17) is 5.73 Å². The second-order valence-corrected chi connectivity index (χ2v) is 7.73. The Labute approximate surface area is 129 Å². The molecular formula is C14H19N3O2S2. The number of aromatic nitrogens is 1. The number of hydrogen-bond donors (Lipinski definition) is 2. The maximum atomic E-state index is 12.5. The van der Waals surface area contributed by atoms with E-state index < -0.39 is 10.0 Å². The molecule has 5 nitrogen and oxygen atoms in total. The largest absolute Gasteiger partial charge is 0.398 e. The molecule has 7 heteroatoms. The first-order valence-electron chi connectivity index (χ1n) is 6.64. The third-order valence-corrected chi connectivity index (χ3v) is 6.11. The lowest BCUT2D eigenvalue weighted by atomic mass is 10.1. The van der Waals surface area contributed by atoms with Crippen molar-refractivity contribution in [1.29, 1.82) is 0 Å². The molecule has 0 aliphatic rings. The molecule has 0 atom stereocenters. The molecule has 2 rings (SSSR count). The van der Waals surface area contributed by atoms with Crippen LogP contribution in [-0.4, -0.2) is 13.4 Å². The summed E-state index contributed by atoms with van der Waals surface area (Å²) in [5.74, 6) is 0. The highest BCUT2D eigenvalue weighted by molar-refractivity contribution is 7.89. The second kappa shape index (κ2) is 6.13. The summed E-state index contributed by atoms with van der Waals surface area (Å²) in [7, 11) is -3.60. The summed E-state index contributed by atoms with van der Waals surface area (Å²) in [4.78, 5) is 5.61. The highest BCUT2D eigenvalue weighted by atomic mass is 32.2. The first-order chi connectivity index (χ1) is 9.85. The van der Waals surface area contributed by atoms with E-state index in [1.54, 1.807) is 32.2 Å². The molecule has 0 saturated heterocycles. The molecular weight excluding hydrogens is 306 g/mol. The van der Waals surface area contributed by atoms with Gasteiger partial charge in [0.2, 0.25) is 10.0 Å². The van der Waals surface area contributed by atoms with Crippen LogP contribution in [0.2, 0.25) is 0 Å². The molecule has 0 saturated carbocycles. The van der Waals surface area contributed by atoms with Gasteiger partial charge in [0, 0.05) is 16.8 Å². The molecule has 0 bridgehead atoms. The Bertz CT molecular complexity index is 752. The summed E-state index contributed by atoms with van der Waals surface area (Å²) in [5, 5.41) is 0.759. The van der Waals surface area contributed by atoms with Crippen molar-refractivity contribution in [1.82, 2.24) is 9.71 Å². The van der Waals surface area contributed by atoms with Crippen molar-refractivity contribution in [2.75, 3.05) is 5.73 Å². The van der Waals surface area contributed by atoms with Gasteiger partial charge in [-0.15, -0.1) is 11.3 Å². The van der Waals surface area contributed by atoms with Crippen molar-refractivity contribution in [3.8, 4) is 0 Å². The Balaban J connectivity index is 2.25. The lowest BCUT2D eigenvalue weighted by Gasteiger charge is -2.13. The van der Waals surface area contributed by atoms with Crippen LogP contribution < -0.4 is 10.5 Å². The van der Waals surface area contributed by atoms with Crippen LogP contribution in [0.5, 0.6) is 0 Å². The highest BCUT2D eigenvalue weighted by Gasteiger charge is 2.21. The Kier molecular flexibility index (Phi) is 4.65. The zero-order valence-electron chi connectivity index (χ0n) is 12.3. The van der Waals surface area contributed by atoms with Crippen molar-refractivity contribution < 1.29 is 8.42 Å². The first-order valence-corrected chi connectivity index (χ1v) is 8.94. The maximum absolute atomic E-state index is 12.5. The van der Waals surface area contributed by atoms with Crippen LogP contribution in [0.4, 0.5) is 5.69 Å². The molecule has 1 heterocycles. The number of nitrogens with two attached hydrogens (primary N) is 1. The summed E-state index contributed by atoms with van der Waals surface area (Å²) < 4.78 is 27.6. The van der Waals surface area contributed by atoms with Gasteiger partial charge >= 0.3 is 0 Å². The van der Waals surface area contributed by atoms with Crippen molar-refractivity contribution in [2.45, 2.75) is 38.6 Å². The number of rotatable bonds is 5. The quantitative estimate of drug-likeness (QED) is 0.827. The number of nitrogen functional groups attached to an aromatic ring is 1. The first kappa shape index (κ1) is 15.9. The van der Waals surface area contributed by atoms with Gasteiger partial charge in [-0.25, -0.2) is 18.1 Å². The molecule has 114 valence electrons. The third kappa shape index (κ3) is 3.42. The van der Waals surface area contributed by atoms with Crippen LogP contribution in [0.1, 0.15) is 27.9 Å². The van der Waals surface area contributed by atoms with Crippen LogP contribution in [0.25, 0.3) is 0 Å².